The van der Waals surface area contributed by atoms with Crippen LogP contribution < -0.4 is 0 Å². The highest BCUT2D eigenvalue weighted by Gasteiger charge is 2.24. The highest BCUT2D eigenvalue weighted by atomic mass is 19.1. The summed E-state index contributed by atoms with van der Waals surface area (Å²) in [4.78, 5) is 30.7. The minimum absolute atomic E-state index is 0.0393. The van der Waals surface area contributed by atoms with Crippen LogP contribution >= 0.6 is 0 Å². The number of benzene rings is 1. The number of nitrogens with zero attached hydrogens (tertiary/aromatic N) is 3. The normalized spacial score (nSPS) is 18.3. The highest BCUT2D eigenvalue weighted by Crippen LogP contribution is 2.12. The molecule has 6 heteroatoms. The number of hydrogen-bond acceptors (Lipinski definition) is 3. The van der Waals surface area contributed by atoms with E-state index in [-0.39, 0.29) is 17.6 Å². The van der Waals surface area contributed by atoms with Gasteiger partial charge in [-0.25, -0.2) is 4.39 Å². The Balaban J connectivity index is 1.37. The zero-order valence-corrected chi connectivity index (χ0v) is 15.3. The van der Waals surface area contributed by atoms with Gasteiger partial charge >= 0.3 is 0 Å². The van der Waals surface area contributed by atoms with E-state index in [2.05, 4.69) is 4.90 Å². The molecule has 2 saturated heterocycles. The average molecular weight is 361 g/mol. The lowest BCUT2D eigenvalue weighted by molar-refractivity contribution is -0.139. The molecule has 2 fully saturated rings. The van der Waals surface area contributed by atoms with Gasteiger partial charge in [-0.15, -0.1) is 0 Å². The van der Waals surface area contributed by atoms with E-state index >= 15 is 0 Å². The van der Waals surface area contributed by atoms with Crippen LogP contribution in [0, 0.1) is 5.82 Å². The van der Waals surface area contributed by atoms with Gasteiger partial charge < -0.3 is 14.7 Å². The molecule has 1 aromatic carbocycles. The van der Waals surface area contributed by atoms with Crippen LogP contribution in [0.3, 0.4) is 0 Å². The molecular formula is C20H28FN3O2. The third-order valence-electron chi connectivity index (χ3n) is 5.39. The zero-order chi connectivity index (χ0) is 18.4. The molecule has 0 saturated carbocycles. The summed E-state index contributed by atoms with van der Waals surface area (Å²) in [7, 11) is 0. The zero-order valence-electron chi connectivity index (χ0n) is 15.3. The Bertz CT molecular complexity index is 623. The topological polar surface area (TPSA) is 43.9 Å². The van der Waals surface area contributed by atoms with Crippen LogP contribution in [0.1, 0.15) is 31.2 Å². The van der Waals surface area contributed by atoms with Crippen LogP contribution in [0.4, 0.5) is 4.39 Å². The Hall–Kier alpha value is -1.95. The van der Waals surface area contributed by atoms with Crippen LogP contribution in [0.25, 0.3) is 0 Å². The number of amides is 2. The molecule has 2 aliphatic rings. The van der Waals surface area contributed by atoms with Gasteiger partial charge in [0.2, 0.25) is 11.8 Å². The number of aryl methyl sites for hydroxylation is 1. The van der Waals surface area contributed by atoms with Gasteiger partial charge in [-0.2, -0.15) is 0 Å². The van der Waals surface area contributed by atoms with Crippen molar-refractivity contribution < 1.29 is 14.0 Å². The maximum Gasteiger partial charge on any atom is 0.223 e. The summed E-state index contributed by atoms with van der Waals surface area (Å²) in [5.41, 5.74) is 0.580. The third-order valence-corrected chi connectivity index (χ3v) is 5.39. The Morgan fingerprint density at radius 3 is 2.04 bits per heavy atom. The monoisotopic (exact) mass is 361 g/mol. The fraction of sp³-hybridized carbons (Fsp3) is 0.600. The first-order valence-corrected chi connectivity index (χ1v) is 9.65. The third kappa shape index (κ3) is 5.04. The molecule has 0 spiro atoms. The summed E-state index contributed by atoms with van der Waals surface area (Å²) in [5, 5.41) is 0. The van der Waals surface area contributed by atoms with Gasteiger partial charge in [0.05, 0.1) is 0 Å². The Morgan fingerprint density at radius 2 is 1.42 bits per heavy atom. The van der Waals surface area contributed by atoms with Crippen molar-refractivity contribution in [1.82, 2.24) is 14.7 Å². The maximum absolute atomic E-state index is 13.6. The van der Waals surface area contributed by atoms with Gasteiger partial charge in [0.15, 0.2) is 0 Å². The quantitative estimate of drug-likeness (QED) is 0.778. The predicted molar refractivity (Wildman–Crippen MR) is 98.2 cm³/mol. The van der Waals surface area contributed by atoms with Crippen molar-refractivity contribution in [3.63, 3.8) is 0 Å². The number of carbonyl (C=O) groups excluding carboxylic acids is 2. The molecule has 0 radical (unpaired) electrons. The van der Waals surface area contributed by atoms with Gasteiger partial charge in [0.25, 0.3) is 0 Å². The molecule has 0 aromatic heterocycles. The lowest BCUT2D eigenvalue weighted by atomic mass is 10.1. The van der Waals surface area contributed by atoms with Crippen LogP contribution in [0.15, 0.2) is 24.3 Å². The van der Waals surface area contributed by atoms with Crippen LogP contribution in [0.5, 0.6) is 0 Å². The van der Waals surface area contributed by atoms with Gasteiger partial charge in [-0.05, 0) is 44.0 Å². The second-order valence-corrected chi connectivity index (χ2v) is 7.15. The van der Waals surface area contributed by atoms with E-state index in [9.17, 15) is 14.0 Å². The minimum atomic E-state index is -0.256. The largest absolute Gasteiger partial charge is 0.339 e. The Labute approximate surface area is 154 Å². The van der Waals surface area contributed by atoms with Gasteiger partial charge in [-0.3, -0.25) is 9.59 Å². The summed E-state index contributed by atoms with van der Waals surface area (Å²) in [6.07, 6.45) is 3.77. The molecule has 0 unspecified atom stereocenters. The van der Waals surface area contributed by atoms with Crippen molar-refractivity contribution >= 4 is 11.8 Å². The SMILES string of the molecule is O=C(CCc1ccccc1F)N1CCN(C(=O)CCN2CCCC2)CC1. The van der Waals surface area contributed by atoms with Gasteiger partial charge in [0.1, 0.15) is 5.82 Å². The number of piperazine rings is 1. The number of likely N-dealkylation sites (tertiary alicyclic amines) is 1. The standard InChI is InChI=1S/C20H28FN3O2/c21-18-6-2-1-5-17(18)7-8-19(25)23-13-15-24(16-14-23)20(26)9-12-22-10-3-4-11-22/h1-2,5-6H,3-4,7-16H2. The maximum atomic E-state index is 13.6. The van der Waals surface area contributed by atoms with Crippen molar-refractivity contribution in [2.75, 3.05) is 45.8 Å². The van der Waals surface area contributed by atoms with Crippen LogP contribution in [-0.2, 0) is 16.0 Å². The first kappa shape index (κ1) is 18.8. The predicted octanol–water partition coefficient (Wildman–Crippen LogP) is 1.91. The van der Waals surface area contributed by atoms with Crippen molar-refractivity contribution in [2.45, 2.75) is 32.1 Å². The second-order valence-electron chi connectivity index (χ2n) is 7.15. The smallest absolute Gasteiger partial charge is 0.223 e. The molecule has 2 amide bonds. The lowest BCUT2D eigenvalue weighted by Gasteiger charge is -2.35. The van der Waals surface area contributed by atoms with E-state index < -0.39 is 0 Å². The minimum Gasteiger partial charge on any atom is -0.339 e. The Morgan fingerprint density at radius 1 is 0.846 bits per heavy atom. The average Bonchev–Trinajstić information content (AvgIpc) is 3.19. The van der Waals surface area contributed by atoms with E-state index in [1.54, 1.807) is 23.1 Å². The number of carbonyl (C=O) groups is 2. The van der Waals surface area contributed by atoms with E-state index in [0.717, 1.165) is 19.6 Å². The van der Waals surface area contributed by atoms with E-state index in [1.807, 2.05) is 4.90 Å². The van der Waals surface area contributed by atoms with Crippen molar-refractivity contribution in [3.8, 4) is 0 Å². The highest BCUT2D eigenvalue weighted by molar-refractivity contribution is 5.78. The molecule has 5 nitrogen and oxygen atoms in total. The summed E-state index contributed by atoms with van der Waals surface area (Å²) in [6, 6.07) is 6.59. The summed E-state index contributed by atoms with van der Waals surface area (Å²) < 4.78 is 13.6. The summed E-state index contributed by atoms with van der Waals surface area (Å²) >= 11 is 0. The molecule has 2 heterocycles. The molecule has 142 valence electrons. The molecular weight excluding hydrogens is 333 g/mol. The van der Waals surface area contributed by atoms with Gasteiger partial charge in [0, 0.05) is 45.6 Å². The molecule has 0 bridgehead atoms. The number of rotatable bonds is 6. The fourth-order valence-electron chi connectivity index (χ4n) is 3.72. The molecule has 3 rings (SSSR count). The van der Waals surface area contributed by atoms with Crippen LogP contribution in [-0.4, -0.2) is 72.3 Å². The van der Waals surface area contributed by atoms with E-state index in [4.69, 9.17) is 0 Å². The number of halogens is 1. The van der Waals surface area contributed by atoms with E-state index in [0.29, 0.717) is 51.0 Å². The number of hydrogen-bond donors (Lipinski definition) is 0. The molecule has 0 N–H and O–H groups in total. The van der Waals surface area contributed by atoms with Crippen molar-refractivity contribution in [1.29, 1.82) is 0 Å². The molecule has 2 aliphatic heterocycles. The van der Waals surface area contributed by atoms with Crippen molar-refractivity contribution in [2.24, 2.45) is 0 Å². The summed E-state index contributed by atoms with van der Waals surface area (Å²) in [6.45, 7) is 5.42. The van der Waals surface area contributed by atoms with E-state index in [1.165, 1.54) is 18.9 Å². The fourth-order valence-corrected chi connectivity index (χ4v) is 3.72. The first-order valence-electron chi connectivity index (χ1n) is 9.65. The lowest BCUT2D eigenvalue weighted by Crippen LogP contribution is -2.51. The molecule has 0 atom stereocenters. The Kier molecular flexibility index (Phi) is 6.61. The van der Waals surface area contributed by atoms with Crippen molar-refractivity contribution in [3.05, 3.63) is 35.6 Å². The van der Waals surface area contributed by atoms with Crippen LogP contribution in [0.2, 0.25) is 0 Å². The molecule has 0 aliphatic carbocycles. The molecule has 1 aromatic rings. The van der Waals surface area contributed by atoms with Gasteiger partial charge in [-0.1, -0.05) is 18.2 Å². The first-order chi connectivity index (χ1) is 12.6. The summed E-state index contributed by atoms with van der Waals surface area (Å²) in [5.74, 6) is -0.0264. The second kappa shape index (κ2) is 9.12. The molecule has 26 heavy (non-hydrogen) atoms.